The van der Waals surface area contributed by atoms with Gasteiger partial charge in [0.05, 0.1) is 13.2 Å². The summed E-state index contributed by atoms with van der Waals surface area (Å²) in [6, 6.07) is 7.28. The minimum Gasteiger partial charge on any atom is -0.379 e. The van der Waals surface area contributed by atoms with E-state index in [1.165, 1.54) is 5.56 Å². The summed E-state index contributed by atoms with van der Waals surface area (Å²) in [5.41, 5.74) is 8.53. The summed E-state index contributed by atoms with van der Waals surface area (Å²) < 4.78 is 5.42. The molecule has 3 fully saturated rings. The van der Waals surface area contributed by atoms with Crippen molar-refractivity contribution in [3.05, 3.63) is 45.5 Å². The van der Waals surface area contributed by atoms with Gasteiger partial charge in [0.25, 0.3) is 0 Å². The Kier molecular flexibility index (Phi) is 6.39. The average molecular weight is 403 g/mol. The van der Waals surface area contributed by atoms with Crippen LogP contribution in [-0.2, 0) is 22.6 Å². The molecule has 4 atom stereocenters. The van der Waals surface area contributed by atoms with E-state index in [1.54, 1.807) is 0 Å². The highest BCUT2D eigenvalue weighted by Gasteiger charge is 2.46. The van der Waals surface area contributed by atoms with Crippen LogP contribution in [0.3, 0.4) is 0 Å². The van der Waals surface area contributed by atoms with Crippen LogP contribution in [0.4, 0.5) is 0 Å². The smallest absolute Gasteiger partial charge is 0.239 e. The summed E-state index contributed by atoms with van der Waals surface area (Å²) in [5, 5.41) is 14.2. The summed E-state index contributed by atoms with van der Waals surface area (Å²) in [4.78, 5) is 26.2. The molecule has 0 radical (unpaired) electrons. The topological polar surface area (TPSA) is 109 Å². The van der Waals surface area contributed by atoms with Crippen molar-refractivity contribution in [3.8, 4) is 0 Å². The average Bonchev–Trinajstić information content (AvgIpc) is 3.17. The molecule has 1 saturated carbocycles. The molecule has 2 aliphatic heterocycles. The first-order valence-corrected chi connectivity index (χ1v) is 10.4. The number of nitro groups is 1. The minimum atomic E-state index is -0.553. The Labute approximate surface area is 170 Å². The minimum absolute atomic E-state index is 0.0530. The van der Waals surface area contributed by atoms with E-state index in [1.807, 2.05) is 18.2 Å². The molecule has 3 aliphatic rings. The van der Waals surface area contributed by atoms with Crippen molar-refractivity contribution in [1.82, 2.24) is 21.1 Å². The van der Waals surface area contributed by atoms with E-state index in [4.69, 9.17) is 4.74 Å². The number of hydrogen-bond acceptors (Lipinski definition) is 7. The fourth-order valence-corrected chi connectivity index (χ4v) is 4.66. The number of hydrazine groups is 1. The predicted molar refractivity (Wildman–Crippen MR) is 106 cm³/mol. The van der Waals surface area contributed by atoms with Crippen LogP contribution >= 0.6 is 0 Å². The molecular weight excluding hydrogens is 374 g/mol. The van der Waals surface area contributed by atoms with Crippen molar-refractivity contribution < 1.29 is 14.5 Å². The lowest BCUT2D eigenvalue weighted by molar-refractivity contribution is -0.528. The molecule has 9 heteroatoms. The van der Waals surface area contributed by atoms with Crippen molar-refractivity contribution in [2.45, 2.75) is 50.5 Å². The molecule has 0 bridgehead atoms. The summed E-state index contributed by atoms with van der Waals surface area (Å²) in [5.74, 6) is -0.155. The number of hydrogen-bond donors (Lipinski definition) is 3. The second-order valence-corrected chi connectivity index (χ2v) is 8.16. The van der Waals surface area contributed by atoms with E-state index < -0.39 is 12.1 Å². The van der Waals surface area contributed by atoms with Gasteiger partial charge < -0.3 is 10.1 Å². The third-order valence-corrected chi connectivity index (χ3v) is 6.37. The van der Waals surface area contributed by atoms with Gasteiger partial charge in [0.1, 0.15) is 6.04 Å². The Hall–Kier alpha value is -2.07. The summed E-state index contributed by atoms with van der Waals surface area (Å²) in [6.07, 6.45) is 1.71. The molecule has 1 aromatic carbocycles. The van der Waals surface area contributed by atoms with Crippen molar-refractivity contribution in [1.29, 1.82) is 0 Å². The van der Waals surface area contributed by atoms with Crippen LogP contribution in [0, 0.1) is 16.0 Å². The zero-order valence-electron chi connectivity index (χ0n) is 16.5. The maximum absolute atomic E-state index is 12.8. The molecule has 2 saturated heterocycles. The van der Waals surface area contributed by atoms with Crippen molar-refractivity contribution in [2.24, 2.45) is 5.92 Å². The molecule has 2 heterocycles. The second kappa shape index (κ2) is 9.17. The highest BCUT2D eigenvalue weighted by atomic mass is 16.6. The summed E-state index contributed by atoms with van der Waals surface area (Å²) >= 11 is 0. The van der Waals surface area contributed by atoms with Crippen LogP contribution in [0.2, 0.25) is 0 Å². The lowest BCUT2D eigenvalue weighted by atomic mass is 9.79. The van der Waals surface area contributed by atoms with Crippen LogP contribution in [0.1, 0.15) is 30.4 Å². The molecule has 0 spiro atoms. The van der Waals surface area contributed by atoms with Gasteiger partial charge in [-0.15, -0.1) is 0 Å². The Morgan fingerprint density at radius 2 is 1.97 bits per heavy atom. The normalized spacial score (nSPS) is 29.9. The quantitative estimate of drug-likeness (QED) is 0.467. The van der Waals surface area contributed by atoms with E-state index in [0.717, 1.165) is 44.8 Å². The van der Waals surface area contributed by atoms with Gasteiger partial charge >= 0.3 is 0 Å². The van der Waals surface area contributed by atoms with E-state index in [0.29, 0.717) is 19.4 Å². The van der Waals surface area contributed by atoms with Gasteiger partial charge in [-0.1, -0.05) is 24.3 Å². The zero-order valence-corrected chi connectivity index (χ0v) is 16.5. The van der Waals surface area contributed by atoms with Gasteiger partial charge in [-0.3, -0.25) is 25.2 Å². The number of fused-ring (bicyclic) bond motifs is 1. The lowest BCUT2D eigenvalue weighted by Gasteiger charge is -2.29. The van der Waals surface area contributed by atoms with Crippen molar-refractivity contribution >= 4 is 5.91 Å². The number of rotatable bonds is 6. The first-order valence-electron chi connectivity index (χ1n) is 10.4. The molecular formula is C20H29N5O4. The van der Waals surface area contributed by atoms with Gasteiger partial charge in [-0.2, -0.15) is 0 Å². The van der Waals surface area contributed by atoms with Gasteiger partial charge in [0, 0.05) is 55.9 Å². The molecule has 29 heavy (non-hydrogen) atoms. The van der Waals surface area contributed by atoms with Crippen LogP contribution in [-0.4, -0.2) is 60.2 Å². The number of morpholine rings is 1. The van der Waals surface area contributed by atoms with E-state index in [-0.39, 0.29) is 22.8 Å². The molecule has 1 aliphatic carbocycles. The summed E-state index contributed by atoms with van der Waals surface area (Å²) in [7, 11) is 0. The van der Waals surface area contributed by atoms with Crippen LogP contribution in [0.5, 0.6) is 0 Å². The van der Waals surface area contributed by atoms with Crippen molar-refractivity contribution in [2.75, 3.05) is 26.3 Å². The van der Waals surface area contributed by atoms with Crippen LogP contribution in [0.15, 0.2) is 24.3 Å². The fraction of sp³-hybridized carbons (Fsp3) is 0.650. The predicted octanol–water partition coefficient (Wildman–Crippen LogP) is 0.425. The van der Waals surface area contributed by atoms with Crippen molar-refractivity contribution in [3.63, 3.8) is 0 Å². The van der Waals surface area contributed by atoms with Crippen LogP contribution < -0.4 is 16.2 Å². The number of benzene rings is 1. The first-order chi connectivity index (χ1) is 14.1. The number of nitrogens with zero attached hydrogens (tertiary/aromatic N) is 2. The highest BCUT2D eigenvalue weighted by molar-refractivity contribution is 5.82. The highest BCUT2D eigenvalue weighted by Crippen LogP contribution is 2.31. The van der Waals surface area contributed by atoms with E-state index in [9.17, 15) is 14.9 Å². The third kappa shape index (κ3) is 4.75. The maximum Gasteiger partial charge on any atom is 0.239 e. The lowest BCUT2D eigenvalue weighted by Crippen LogP contribution is -2.47. The Morgan fingerprint density at radius 1 is 1.21 bits per heavy atom. The van der Waals surface area contributed by atoms with Crippen LogP contribution in [0.25, 0.3) is 0 Å². The molecule has 0 aromatic heterocycles. The number of carbonyl (C=O) groups is 1. The number of nitrogens with one attached hydrogen (secondary N) is 3. The molecule has 4 unspecified atom stereocenters. The molecule has 1 amide bonds. The standard InChI is InChI=1S/C20H29N5O4/c26-20(19-17-11-16(25(27)28)5-6-18(17)22-23-19)21-12-14-3-1-2-4-15(14)13-24-7-9-29-10-8-24/h1-4,16-19,22-23H,5-13H2,(H,21,26). The molecule has 3 N–H and O–H groups in total. The van der Waals surface area contributed by atoms with Gasteiger partial charge in [0.2, 0.25) is 11.9 Å². The zero-order chi connectivity index (χ0) is 20.2. The Bertz CT molecular complexity index is 739. The largest absolute Gasteiger partial charge is 0.379 e. The summed E-state index contributed by atoms with van der Waals surface area (Å²) in [6.45, 7) is 4.64. The van der Waals surface area contributed by atoms with E-state index >= 15 is 0 Å². The number of amides is 1. The Balaban J connectivity index is 1.35. The second-order valence-electron chi connectivity index (χ2n) is 8.16. The fourth-order valence-electron chi connectivity index (χ4n) is 4.66. The first kappa shape index (κ1) is 20.2. The molecule has 4 rings (SSSR count). The van der Waals surface area contributed by atoms with E-state index in [2.05, 4.69) is 27.1 Å². The SMILES string of the molecule is O=C(NCc1ccccc1CN1CCOCC1)C1NNC2CCC([N+](=O)[O-])CC21. The third-order valence-electron chi connectivity index (χ3n) is 6.37. The molecule has 158 valence electrons. The van der Waals surface area contributed by atoms with Gasteiger partial charge in [-0.05, 0) is 17.5 Å². The molecule has 9 nitrogen and oxygen atoms in total. The molecule has 1 aromatic rings. The van der Waals surface area contributed by atoms with Gasteiger partial charge in [0.15, 0.2) is 0 Å². The monoisotopic (exact) mass is 403 g/mol. The maximum atomic E-state index is 12.8. The number of carbonyl (C=O) groups excluding carboxylic acids is 1. The number of ether oxygens (including phenoxy) is 1. The van der Waals surface area contributed by atoms with Gasteiger partial charge in [-0.25, -0.2) is 5.43 Å². The Morgan fingerprint density at radius 3 is 2.72 bits per heavy atom.